The molecule has 0 saturated heterocycles. The molecule has 0 radical (unpaired) electrons. The van der Waals surface area contributed by atoms with E-state index in [4.69, 9.17) is 10.5 Å². The molecule has 0 heterocycles. The zero-order valence-corrected chi connectivity index (χ0v) is 10.2. The second-order valence-corrected chi connectivity index (χ2v) is 3.93. The second-order valence-electron chi connectivity index (χ2n) is 3.93. The monoisotopic (exact) mass is 236 g/mol. The van der Waals surface area contributed by atoms with Gasteiger partial charge in [-0.1, -0.05) is 30.3 Å². The van der Waals surface area contributed by atoms with Crippen LogP contribution in [0.4, 0.5) is 0 Å². The van der Waals surface area contributed by atoms with Gasteiger partial charge in [0.1, 0.15) is 0 Å². The molecule has 1 atom stereocenters. The molecule has 0 spiro atoms. The van der Waals surface area contributed by atoms with Crippen LogP contribution in [0.15, 0.2) is 30.3 Å². The van der Waals surface area contributed by atoms with Gasteiger partial charge in [-0.3, -0.25) is 4.79 Å². The van der Waals surface area contributed by atoms with Gasteiger partial charge in [-0.25, -0.2) is 0 Å². The fraction of sp³-hybridized carbons (Fsp3) is 0.462. The van der Waals surface area contributed by atoms with E-state index < -0.39 is 6.04 Å². The van der Waals surface area contributed by atoms with Crippen molar-refractivity contribution in [2.24, 2.45) is 5.73 Å². The van der Waals surface area contributed by atoms with E-state index in [1.54, 1.807) is 7.11 Å². The highest BCUT2D eigenvalue weighted by Crippen LogP contribution is 2.01. The van der Waals surface area contributed by atoms with Gasteiger partial charge in [-0.15, -0.1) is 0 Å². The van der Waals surface area contributed by atoms with Gasteiger partial charge in [0.15, 0.2) is 0 Å². The lowest BCUT2D eigenvalue weighted by atomic mass is 10.1. The van der Waals surface area contributed by atoms with Crippen LogP contribution in [0.5, 0.6) is 0 Å². The second kappa shape index (κ2) is 7.81. The molecule has 0 aromatic heterocycles. The molecule has 0 unspecified atom stereocenters. The Bertz CT molecular complexity index is 327. The summed E-state index contributed by atoms with van der Waals surface area (Å²) < 4.78 is 4.90. The van der Waals surface area contributed by atoms with Gasteiger partial charge in [-0.05, 0) is 18.4 Å². The van der Waals surface area contributed by atoms with Crippen LogP contribution in [0.2, 0.25) is 0 Å². The minimum absolute atomic E-state index is 0.107. The number of carbonyl (C=O) groups excluding carboxylic acids is 1. The van der Waals surface area contributed by atoms with E-state index >= 15 is 0 Å². The van der Waals surface area contributed by atoms with Crippen LogP contribution in [0.3, 0.4) is 0 Å². The van der Waals surface area contributed by atoms with Crippen LogP contribution in [-0.2, 0) is 16.0 Å². The minimum atomic E-state index is -0.486. The Balaban J connectivity index is 2.27. The number of hydrogen-bond donors (Lipinski definition) is 2. The summed E-state index contributed by atoms with van der Waals surface area (Å²) in [4.78, 5) is 11.6. The van der Waals surface area contributed by atoms with Gasteiger partial charge in [0, 0.05) is 20.3 Å². The molecule has 0 aliphatic heterocycles. The summed E-state index contributed by atoms with van der Waals surface area (Å²) in [6.07, 6.45) is 1.37. The van der Waals surface area contributed by atoms with Crippen molar-refractivity contribution in [3.63, 3.8) is 0 Å². The van der Waals surface area contributed by atoms with Crippen LogP contribution in [-0.4, -0.2) is 32.2 Å². The number of nitrogens with two attached hydrogens (primary N) is 1. The summed E-state index contributed by atoms with van der Waals surface area (Å²) in [5, 5.41) is 2.79. The Hall–Kier alpha value is -1.39. The van der Waals surface area contributed by atoms with Gasteiger partial charge in [0.05, 0.1) is 6.04 Å². The first kappa shape index (κ1) is 13.7. The number of benzene rings is 1. The predicted molar refractivity (Wildman–Crippen MR) is 67.6 cm³/mol. The molecule has 0 bridgehead atoms. The molecular formula is C13H20N2O2. The maximum atomic E-state index is 11.6. The molecule has 3 N–H and O–H groups in total. The van der Waals surface area contributed by atoms with Crippen LogP contribution >= 0.6 is 0 Å². The lowest BCUT2D eigenvalue weighted by Gasteiger charge is -2.12. The first-order valence-corrected chi connectivity index (χ1v) is 5.80. The largest absolute Gasteiger partial charge is 0.385 e. The van der Waals surface area contributed by atoms with Gasteiger partial charge in [0.2, 0.25) is 5.91 Å². The highest BCUT2D eigenvalue weighted by molar-refractivity contribution is 5.81. The van der Waals surface area contributed by atoms with Gasteiger partial charge < -0.3 is 15.8 Å². The molecule has 0 aliphatic rings. The first-order valence-electron chi connectivity index (χ1n) is 5.80. The van der Waals surface area contributed by atoms with Crippen molar-refractivity contribution in [2.75, 3.05) is 20.3 Å². The number of nitrogens with one attached hydrogen (secondary N) is 1. The fourth-order valence-corrected chi connectivity index (χ4v) is 1.52. The topological polar surface area (TPSA) is 64.3 Å². The summed E-state index contributed by atoms with van der Waals surface area (Å²) >= 11 is 0. The molecule has 0 saturated carbocycles. The molecular weight excluding hydrogens is 216 g/mol. The van der Waals surface area contributed by atoms with Crippen molar-refractivity contribution in [1.82, 2.24) is 5.32 Å². The van der Waals surface area contributed by atoms with Crippen molar-refractivity contribution >= 4 is 5.91 Å². The third kappa shape index (κ3) is 5.47. The van der Waals surface area contributed by atoms with E-state index in [-0.39, 0.29) is 5.91 Å². The van der Waals surface area contributed by atoms with E-state index in [2.05, 4.69) is 5.32 Å². The number of amides is 1. The lowest BCUT2D eigenvalue weighted by Crippen LogP contribution is -2.42. The Labute approximate surface area is 102 Å². The predicted octanol–water partition coefficient (Wildman–Crippen LogP) is 0.709. The van der Waals surface area contributed by atoms with E-state index in [1.807, 2.05) is 30.3 Å². The lowest BCUT2D eigenvalue weighted by molar-refractivity contribution is -0.122. The Morgan fingerprint density at radius 3 is 2.76 bits per heavy atom. The number of hydrogen-bond acceptors (Lipinski definition) is 3. The average Bonchev–Trinajstić information content (AvgIpc) is 2.35. The van der Waals surface area contributed by atoms with Gasteiger partial charge >= 0.3 is 0 Å². The third-order valence-corrected chi connectivity index (χ3v) is 2.46. The maximum Gasteiger partial charge on any atom is 0.237 e. The van der Waals surface area contributed by atoms with Crippen LogP contribution in [0, 0.1) is 0 Å². The highest BCUT2D eigenvalue weighted by Gasteiger charge is 2.12. The van der Waals surface area contributed by atoms with Crippen molar-refractivity contribution in [3.8, 4) is 0 Å². The molecule has 0 aliphatic carbocycles. The molecule has 4 heteroatoms. The van der Waals surface area contributed by atoms with Crippen molar-refractivity contribution in [3.05, 3.63) is 35.9 Å². The standard InChI is InChI=1S/C13H20N2O2/c1-17-9-5-8-15-13(16)12(14)10-11-6-3-2-4-7-11/h2-4,6-7,12H,5,8-10,14H2,1H3,(H,15,16)/t12-/m0/s1. The zero-order valence-electron chi connectivity index (χ0n) is 10.2. The van der Waals surface area contributed by atoms with Crippen LogP contribution in [0.1, 0.15) is 12.0 Å². The molecule has 1 amide bonds. The molecule has 1 rings (SSSR count). The highest BCUT2D eigenvalue weighted by atomic mass is 16.5. The van der Waals surface area contributed by atoms with E-state index in [9.17, 15) is 4.79 Å². The van der Waals surface area contributed by atoms with Gasteiger partial charge in [0.25, 0.3) is 0 Å². The van der Waals surface area contributed by atoms with Crippen molar-refractivity contribution in [1.29, 1.82) is 0 Å². The van der Waals surface area contributed by atoms with Crippen molar-refractivity contribution < 1.29 is 9.53 Å². The molecule has 1 aromatic rings. The minimum Gasteiger partial charge on any atom is -0.385 e. The SMILES string of the molecule is COCCCNC(=O)[C@@H](N)Cc1ccccc1. The van der Waals surface area contributed by atoms with Crippen LogP contribution < -0.4 is 11.1 Å². The van der Waals surface area contributed by atoms with E-state index in [0.29, 0.717) is 19.6 Å². The van der Waals surface area contributed by atoms with E-state index in [0.717, 1.165) is 12.0 Å². The molecule has 0 fully saturated rings. The molecule has 1 aromatic carbocycles. The third-order valence-electron chi connectivity index (χ3n) is 2.46. The normalized spacial score (nSPS) is 12.1. The number of methoxy groups -OCH3 is 1. The molecule has 17 heavy (non-hydrogen) atoms. The summed E-state index contributed by atoms with van der Waals surface area (Å²) in [5.74, 6) is -0.107. The number of rotatable bonds is 7. The molecule has 94 valence electrons. The Kier molecular flexibility index (Phi) is 6.29. The summed E-state index contributed by atoms with van der Waals surface area (Å²) in [6.45, 7) is 1.25. The number of carbonyl (C=O) groups is 1. The smallest absolute Gasteiger partial charge is 0.237 e. The quantitative estimate of drug-likeness (QED) is 0.685. The van der Waals surface area contributed by atoms with Crippen LogP contribution in [0.25, 0.3) is 0 Å². The summed E-state index contributed by atoms with van der Waals surface area (Å²) in [7, 11) is 1.64. The zero-order chi connectivity index (χ0) is 12.5. The fourth-order valence-electron chi connectivity index (χ4n) is 1.52. The van der Waals surface area contributed by atoms with E-state index in [1.165, 1.54) is 0 Å². The first-order chi connectivity index (χ1) is 8.24. The number of ether oxygens (including phenoxy) is 1. The Morgan fingerprint density at radius 1 is 1.41 bits per heavy atom. The summed E-state index contributed by atoms with van der Waals surface area (Å²) in [5.41, 5.74) is 6.90. The average molecular weight is 236 g/mol. The van der Waals surface area contributed by atoms with Crippen molar-refractivity contribution in [2.45, 2.75) is 18.9 Å². The van der Waals surface area contributed by atoms with Gasteiger partial charge in [-0.2, -0.15) is 0 Å². The maximum absolute atomic E-state index is 11.6. The molecule has 4 nitrogen and oxygen atoms in total. The Morgan fingerprint density at radius 2 is 2.12 bits per heavy atom. The summed E-state index contributed by atoms with van der Waals surface area (Å²) in [6, 6.07) is 9.28.